The van der Waals surface area contributed by atoms with Crippen LogP contribution < -0.4 is 16.3 Å². The van der Waals surface area contributed by atoms with Crippen LogP contribution in [0.15, 0.2) is 46.4 Å². The molecule has 0 fully saturated rings. The summed E-state index contributed by atoms with van der Waals surface area (Å²) in [5.41, 5.74) is 8.26. The van der Waals surface area contributed by atoms with Crippen molar-refractivity contribution in [2.75, 3.05) is 5.75 Å². The van der Waals surface area contributed by atoms with Crippen LogP contribution in [-0.4, -0.2) is 11.7 Å². The maximum Gasteiger partial charge on any atom is 0.248 e. The number of hydrogen-bond acceptors (Lipinski definition) is 3. The van der Waals surface area contributed by atoms with Crippen molar-refractivity contribution >= 4 is 23.2 Å². The van der Waals surface area contributed by atoms with Gasteiger partial charge in [0.15, 0.2) is 0 Å². The van der Waals surface area contributed by atoms with Gasteiger partial charge in [0.05, 0.1) is 5.36 Å². The Morgan fingerprint density at radius 1 is 1.41 bits per heavy atom. The number of carbonyl (C=O) groups excluding carboxylic acids is 1. The average molecular weight is 242 g/mol. The highest BCUT2D eigenvalue weighted by atomic mass is 32.2. The molecule has 0 spiro atoms. The number of primary amides is 1. The SMILES string of the molecule is NC(=O)c1ccc2c(c1)=NC=CC1=CSCC=21. The lowest BCUT2D eigenvalue weighted by Crippen LogP contribution is -2.29. The minimum absolute atomic E-state index is 0.419. The van der Waals surface area contributed by atoms with Crippen LogP contribution in [0.4, 0.5) is 0 Å². The van der Waals surface area contributed by atoms with Gasteiger partial charge in [-0.1, -0.05) is 6.07 Å². The lowest BCUT2D eigenvalue weighted by atomic mass is 10.1. The third-order valence-corrected chi connectivity index (χ3v) is 3.74. The Hall–Kier alpha value is -1.81. The highest BCUT2D eigenvalue weighted by Gasteiger charge is 2.13. The first-order valence-electron chi connectivity index (χ1n) is 5.25. The number of nitrogens with two attached hydrogens (primary N) is 1. The summed E-state index contributed by atoms with van der Waals surface area (Å²) in [6.45, 7) is 0. The van der Waals surface area contributed by atoms with Crippen molar-refractivity contribution in [3.8, 4) is 0 Å². The van der Waals surface area contributed by atoms with Crippen LogP contribution in [0.1, 0.15) is 10.4 Å². The van der Waals surface area contributed by atoms with Gasteiger partial charge >= 0.3 is 0 Å². The molecule has 1 aromatic rings. The van der Waals surface area contributed by atoms with Gasteiger partial charge in [0.25, 0.3) is 0 Å². The van der Waals surface area contributed by atoms with Crippen molar-refractivity contribution in [1.82, 2.24) is 0 Å². The molecule has 0 radical (unpaired) electrons. The molecule has 0 bridgehead atoms. The number of hydrogen-bond donors (Lipinski definition) is 1. The number of allylic oxidation sites excluding steroid dienone is 2. The lowest BCUT2D eigenvalue weighted by molar-refractivity contribution is 0.1000. The molecule has 1 aromatic carbocycles. The van der Waals surface area contributed by atoms with Crippen molar-refractivity contribution in [3.05, 3.63) is 57.6 Å². The van der Waals surface area contributed by atoms with E-state index in [1.807, 2.05) is 12.1 Å². The van der Waals surface area contributed by atoms with Gasteiger partial charge in [-0.3, -0.25) is 9.79 Å². The molecule has 0 saturated carbocycles. The number of amides is 1. The van der Waals surface area contributed by atoms with Gasteiger partial charge in [-0.25, -0.2) is 0 Å². The molecule has 0 atom stereocenters. The van der Waals surface area contributed by atoms with Gasteiger partial charge in [0, 0.05) is 22.7 Å². The molecule has 1 amide bonds. The smallest absolute Gasteiger partial charge is 0.248 e. The molecule has 17 heavy (non-hydrogen) atoms. The second-order valence-corrected chi connectivity index (χ2v) is 4.76. The summed E-state index contributed by atoms with van der Waals surface area (Å²) in [4.78, 5) is 15.5. The van der Waals surface area contributed by atoms with E-state index in [0.29, 0.717) is 5.56 Å². The minimum Gasteiger partial charge on any atom is -0.366 e. The van der Waals surface area contributed by atoms with Crippen molar-refractivity contribution in [2.24, 2.45) is 10.7 Å². The normalized spacial score (nSPS) is 16.7. The van der Waals surface area contributed by atoms with Crippen molar-refractivity contribution in [2.45, 2.75) is 0 Å². The molecular weight excluding hydrogens is 232 g/mol. The van der Waals surface area contributed by atoms with Crippen molar-refractivity contribution in [3.63, 3.8) is 0 Å². The van der Waals surface area contributed by atoms with Crippen molar-refractivity contribution < 1.29 is 4.79 Å². The predicted octanol–water partition coefficient (Wildman–Crippen LogP) is 0.714. The largest absolute Gasteiger partial charge is 0.366 e. The summed E-state index contributed by atoms with van der Waals surface area (Å²) in [7, 11) is 0. The van der Waals surface area contributed by atoms with E-state index in [0.717, 1.165) is 16.3 Å². The number of carbonyl (C=O) groups is 1. The Kier molecular flexibility index (Phi) is 2.37. The number of rotatable bonds is 1. The second-order valence-electron chi connectivity index (χ2n) is 3.90. The Morgan fingerprint density at radius 2 is 2.29 bits per heavy atom. The van der Waals surface area contributed by atoms with Crippen LogP contribution in [-0.2, 0) is 0 Å². The van der Waals surface area contributed by atoms with Crippen LogP contribution in [0.25, 0.3) is 5.57 Å². The van der Waals surface area contributed by atoms with Gasteiger partial charge in [-0.05, 0) is 34.8 Å². The van der Waals surface area contributed by atoms with E-state index in [9.17, 15) is 4.79 Å². The molecule has 2 aliphatic heterocycles. The first kappa shape index (κ1) is 10.4. The monoisotopic (exact) mass is 242 g/mol. The fourth-order valence-corrected chi connectivity index (χ4v) is 2.96. The summed E-state index contributed by atoms with van der Waals surface area (Å²) < 4.78 is 0. The Bertz CT molecular complexity index is 686. The zero-order valence-electron chi connectivity index (χ0n) is 9.01. The highest BCUT2D eigenvalue weighted by Crippen LogP contribution is 2.28. The lowest BCUT2D eigenvalue weighted by Gasteiger charge is -1.99. The fraction of sp³-hybridized carbons (Fsp3) is 0.0769. The van der Waals surface area contributed by atoms with Gasteiger partial charge in [0.1, 0.15) is 0 Å². The van der Waals surface area contributed by atoms with E-state index in [1.54, 1.807) is 30.1 Å². The third kappa shape index (κ3) is 1.70. The summed E-state index contributed by atoms with van der Waals surface area (Å²) in [6, 6.07) is 5.44. The third-order valence-electron chi connectivity index (χ3n) is 2.86. The standard InChI is InChI=1S/C13H10N2OS/c14-13(16)8-1-2-10-11-7-17-6-9(11)3-4-15-12(10)5-8/h1-6H,7H2,(H2,14,16). The molecule has 2 N–H and O–H groups in total. The molecule has 4 heteroatoms. The van der Waals surface area contributed by atoms with E-state index in [2.05, 4.69) is 10.4 Å². The number of fused-ring (bicyclic) bond motifs is 2. The summed E-state index contributed by atoms with van der Waals surface area (Å²) in [5, 5.41) is 4.05. The molecule has 0 aromatic heterocycles. The first-order valence-corrected chi connectivity index (χ1v) is 6.30. The van der Waals surface area contributed by atoms with Gasteiger partial charge < -0.3 is 5.73 Å². The Balaban J connectivity index is 2.36. The van der Waals surface area contributed by atoms with Crippen molar-refractivity contribution in [1.29, 1.82) is 0 Å². The van der Waals surface area contributed by atoms with Crippen LogP contribution in [0.2, 0.25) is 0 Å². The molecule has 84 valence electrons. The minimum atomic E-state index is -0.419. The fourth-order valence-electron chi connectivity index (χ4n) is 1.99. The van der Waals surface area contributed by atoms with Gasteiger partial charge in [-0.2, -0.15) is 0 Å². The molecule has 0 unspecified atom stereocenters. The molecule has 0 aliphatic carbocycles. The molecule has 2 heterocycles. The van der Waals surface area contributed by atoms with Crippen LogP contribution in [0.3, 0.4) is 0 Å². The van der Waals surface area contributed by atoms with E-state index >= 15 is 0 Å². The first-order chi connectivity index (χ1) is 8.25. The van der Waals surface area contributed by atoms with Gasteiger partial charge in [-0.15, -0.1) is 11.8 Å². The van der Waals surface area contributed by atoms with E-state index in [-0.39, 0.29) is 0 Å². The summed E-state index contributed by atoms with van der Waals surface area (Å²) >= 11 is 1.78. The number of nitrogens with zero attached hydrogens (tertiary/aromatic N) is 1. The summed E-state index contributed by atoms with van der Waals surface area (Å²) in [6.07, 6.45) is 3.77. The molecule has 3 rings (SSSR count). The maximum absolute atomic E-state index is 11.1. The number of benzene rings is 1. The molecule has 2 aliphatic rings. The zero-order valence-corrected chi connectivity index (χ0v) is 9.83. The predicted molar refractivity (Wildman–Crippen MR) is 68.8 cm³/mol. The van der Waals surface area contributed by atoms with Crippen LogP contribution >= 0.6 is 11.8 Å². The van der Waals surface area contributed by atoms with Crippen LogP contribution in [0, 0.1) is 0 Å². The van der Waals surface area contributed by atoms with Gasteiger partial charge in [0.2, 0.25) is 5.91 Å². The molecular formula is C13H10N2OS. The van der Waals surface area contributed by atoms with E-state index in [1.165, 1.54) is 11.1 Å². The quantitative estimate of drug-likeness (QED) is 0.788. The second kappa shape index (κ2) is 3.89. The highest BCUT2D eigenvalue weighted by molar-refractivity contribution is 8.02. The molecule has 3 nitrogen and oxygen atoms in total. The zero-order chi connectivity index (χ0) is 11.8. The average Bonchev–Trinajstić information content (AvgIpc) is 2.71. The van der Waals surface area contributed by atoms with Crippen LogP contribution in [0.5, 0.6) is 0 Å². The van der Waals surface area contributed by atoms with E-state index in [4.69, 9.17) is 5.73 Å². The maximum atomic E-state index is 11.1. The topological polar surface area (TPSA) is 55.5 Å². The number of thioether (sulfide) groups is 1. The van der Waals surface area contributed by atoms with E-state index < -0.39 is 5.91 Å². The Morgan fingerprint density at radius 3 is 3.12 bits per heavy atom. The molecule has 0 saturated heterocycles. The summed E-state index contributed by atoms with van der Waals surface area (Å²) in [5.74, 6) is 0.538. The Labute approximate surface area is 102 Å².